The minimum Gasteiger partial charge on any atom is -0.731 e. The van der Waals surface area contributed by atoms with E-state index in [1.165, 1.54) is 31.4 Å². The Morgan fingerprint density at radius 1 is 1.14 bits per heavy atom. The molecule has 14 heteroatoms. The third-order valence-electron chi connectivity index (χ3n) is 5.15. The van der Waals surface area contributed by atoms with Crippen LogP contribution in [-0.4, -0.2) is 66.7 Å². The second-order valence-electron chi connectivity index (χ2n) is 7.27. The number of carbonyl (C=O) groups is 3. The molecule has 2 unspecified atom stereocenters. The number of hydrogen-bond donors (Lipinski definition) is 2. The van der Waals surface area contributed by atoms with Gasteiger partial charge in [-0.15, -0.1) is 0 Å². The Hall–Kier alpha value is -2.68. The summed E-state index contributed by atoms with van der Waals surface area (Å²) in [5.41, 5.74) is -1.40. The van der Waals surface area contributed by atoms with Gasteiger partial charge in [0.2, 0.25) is 11.6 Å². The smallest absolute Gasteiger partial charge is 0.731 e. The van der Waals surface area contributed by atoms with Crippen molar-refractivity contribution in [2.24, 2.45) is 0 Å². The van der Waals surface area contributed by atoms with Crippen molar-refractivity contribution in [3.8, 4) is 11.5 Å². The van der Waals surface area contributed by atoms with Crippen LogP contribution in [0.25, 0.3) is 0 Å². The van der Waals surface area contributed by atoms with E-state index in [1.807, 2.05) is 0 Å². The SMILES string of the molecule is COc1ccc(COC(=O)C(C(=O)NC2(OC)CN(S(=O)(=O)[O-])C2=O)c2ccc(O)cc2)cc1.[Na+]. The van der Waals surface area contributed by atoms with E-state index in [4.69, 9.17) is 14.2 Å². The van der Waals surface area contributed by atoms with Gasteiger partial charge in [-0.25, -0.2) is 12.7 Å². The molecule has 0 saturated carbocycles. The van der Waals surface area contributed by atoms with Crippen LogP contribution in [0, 0.1) is 0 Å². The van der Waals surface area contributed by atoms with Crippen molar-refractivity contribution in [1.29, 1.82) is 0 Å². The number of ether oxygens (including phenoxy) is 3. The first-order valence-electron chi connectivity index (χ1n) is 9.74. The van der Waals surface area contributed by atoms with Crippen LogP contribution < -0.4 is 39.6 Å². The summed E-state index contributed by atoms with van der Waals surface area (Å²) < 4.78 is 48.8. The van der Waals surface area contributed by atoms with E-state index in [0.29, 0.717) is 11.3 Å². The van der Waals surface area contributed by atoms with Crippen molar-refractivity contribution < 1.29 is 76.2 Å². The van der Waals surface area contributed by atoms with Gasteiger partial charge in [-0.05, 0) is 35.4 Å². The number of esters is 1. The van der Waals surface area contributed by atoms with Crippen molar-refractivity contribution in [2.45, 2.75) is 18.2 Å². The van der Waals surface area contributed by atoms with Gasteiger partial charge in [0.1, 0.15) is 18.1 Å². The molecule has 2 N–H and O–H groups in total. The number of phenolic OH excluding ortho intramolecular Hbond substituents is 1. The van der Waals surface area contributed by atoms with Gasteiger partial charge in [0, 0.05) is 7.11 Å². The maximum Gasteiger partial charge on any atom is 1.00 e. The molecule has 0 spiro atoms. The number of hydrogen-bond acceptors (Lipinski definition) is 10. The van der Waals surface area contributed by atoms with Gasteiger partial charge in [-0.2, -0.15) is 0 Å². The zero-order valence-electron chi connectivity index (χ0n) is 19.1. The molecule has 2 atom stereocenters. The average molecular weight is 516 g/mol. The van der Waals surface area contributed by atoms with Crippen LogP contribution in [0.1, 0.15) is 17.0 Å². The third-order valence-corrected chi connectivity index (χ3v) is 5.98. The number of carbonyl (C=O) groups excluding carboxylic acids is 3. The maximum absolute atomic E-state index is 13.1. The van der Waals surface area contributed by atoms with Gasteiger partial charge in [-0.3, -0.25) is 14.4 Å². The van der Waals surface area contributed by atoms with Crippen molar-refractivity contribution in [2.75, 3.05) is 20.8 Å². The molecule has 2 aromatic carbocycles. The summed E-state index contributed by atoms with van der Waals surface area (Å²) in [7, 11) is -2.56. The van der Waals surface area contributed by atoms with Crippen LogP contribution in [0.15, 0.2) is 48.5 Å². The Morgan fingerprint density at radius 3 is 2.23 bits per heavy atom. The van der Waals surface area contributed by atoms with Gasteiger partial charge in [0.15, 0.2) is 16.2 Å². The molecule has 2 amide bonds. The van der Waals surface area contributed by atoms with Gasteiger partial charge in [0.05, 0.1) is 13.7 Å². The summed E-state index contributed by atoms with van der Waals surface area (Å²) in [5.74, 6) is -4.44. The zero-order chi connectivity index (χ0) is 25.1. The van der Waals surface area contributed by atoms with Crippen molar-refractivity contribution in [1.82, 2.24) is 9.62 Å². The Morgan fingerprint density at radius 2 is 1.74 bits per heavy atom. The quantitative estimate of drug-likeness (QED) is 0.0874. The molecule has 1 fully saturated rings. The third kappa shape index (κ3) is 6.31. The monoisotopic (exact) mass is 516 g/mol. The molecule has 35 heavy (non-hydrogen) atoms. The number of nitrogens with one attached hydrogen (secondary N) is 1. The predicted molar refractivity (Wildman–Crippen MR) is 113 cm³/mol. The fraction of sp³-hybridized carbons (Fsp3) is 0.286. The molecule has 0 radical (unpaired) electrons. The first kappa shape index (κ1) is 28.6. The normalized spacial score (nSPS) is 18.0. The Bertz CT molecular complexity index is 1190. The molecule has 3 rings (SSSR count). The number of β-lactam (4-membered cyclic amide) rings is 1. The average Bonchev–Trinajstić information content (AvgIpc) is 2.80. The minimum atomic E-state index is -5.10. The van der Waals surface area contributed by atoms with Gasteiger partial charge < -0.3 is 29.2 Å². The number of phenols is 1. The van der Waals surface area contributed by atoms with E-state index in [1.54, 1.807) is 24.3 Å². The molecule has 12 nitrogen and oxygen atoms in total. The number of methoxy groups -OCH3 is 2. The summed E-state index contributed by atoms with van der Waals surface area (Å²) in [6, 6.07) is 11.8. The first-order chi connectivity index (χ1) is 16.0. The molecule has 0 bridgehead atoms. The van der Waals surface area contributed by atoms with E-state index in [2.05, 4.69) is 5.32 Å². The summed E-state index contributed by atoms with van der Waals surface area (Å²) in [6.45, 7) is -0.940. The summed E-state index contributed by atoms with van der Waals surface area (Å²) in [4.78, 5) is 38.2. The van der Waals surface area contributed by atoms with Gasteiger partial charge in [0.25, 0.3) is 5.91 Å². The van der Waals surface area contributed by atoms with Crippen molar-refractivity contribution in [3.05, 3.63) is 59.7 Å². The van der Waals surface area contributed by atoms with Crippen LogP contribution >= 0.6 is 0 Å². The first-order valence-corrected chi connectivity index (χ1v) is 11.1. The number of aromatic hydroxyl groups is 1. The predicted octanol–water partition coefficient (Wildman–Crippen LogP) is -3.01. The van der Waals surface area contributed by atoms with Crippen molar-refractivity contribution >= 4 is 28.1 Å². The van der Waals surface area contributed by atoms with E-state index in [0.717, 1.165) is 7.11 Å². The van der Waals surface area contributed by atoms with Gasteiger partial charge >= 0.3 is 35.5 Å². The Balaban J connectivity index is 0.00000432. The molecule has 0 aromatic heterocycles. The largest absolute Gasteiger partial charge is 1.00 e. The summed E-state index contributed by atoms with van der Waals surface area (Å²) >= 11 is 0. The fourth-order valence-electron chi connectivity index (χ4n) is 3.22. The second-order valence-corrected chi connectivity index (χ2v) is 8.57. The van der Waals surface area contributed by atoms with E-state index < -0.39 is 46.3 Å². The summed E-state index contributed by atoms with van der Waals surface area (Å²) in [6.07, 6.45) is 0. The molecular weight excluding hydrogens is 495 g/mol. The zero-order valence-corrected chi connectivity index (χ0v) is 21.9. The second kappa shape index (κ2) is 11.4. The number of rotatable bonds is 9. The van der Waals surface area contributed by atoms with Crippen LogP contribution in [0.4, 0.5) is 0 Å². The van der Waals surface area contributed by atoms with Crippen LogP contribution in [0.5, 0.6) is 11.5 Å². The molecule has 0 aliphatic carbocycles. The van der Waals surface area contributed by atoms with E-state index in [9.17, 15) is 32.5 Å². The molecule has 2 aromatic rings. The number of benzene rings is 2. The Kier molecular flexibility index (Phi) is 9.28. The topological polar surface area (TPSA) is 172 Å². The number of amides is 2. The minimum absolute atomic E-state index is 0. The molecule has 1 heterocycles. The standard InChI is InChI=1S/C21H22N2O10S.Na/c1-31-16-9-3-13(4-10-16)11-33-19(26)17(14-5-7-15(24)8-6-14)18(25)22-21(32-2)12-23(20(21)27)34(28,29)30;/h3-10,17,24H,11-12H2,1-2H3,(H,22,25)(H,28,29,30);/q;+1/p-1. The van der Waals surface area contributed by atoms with Crippen LogP contribution in [0.3, 0.4) is 0 Å². The van der Waals surface area contributed by atoms with E-state index >= 15 is 0 Å². The number of nitrogens with zero attached hydrogens (tertiary/aromatic N) is 1. The summed E-state index contributed by atoms with van der Waals surface area (Å²) in [5, 5.41) is 11.7. The van der Waals surface area contributed by atoms with E-state index in [-0.39, 0.29) is 51.8 Å². The molecule has 182 valence electrons. The van der Waals surface area contributed by atoms with Gasteiger partial charge in [-0.1, -0.05) is 24.3 Å². The molecule has 1 aliphatic rings. The Labute approximate surface area is 223 Å². The van der Waals surface area contributed by atoms with Crippen LogP contribution in [0.2, 0.25) is 0 Å². The van der Waals surface area contributed by atoms with Crippen molar-refractivity contribution in [3.63, 3.8) is 0 Å². The van der Waals surface area contributed by atoms with Crippen LogP contribution in [-0.2, 0) is 40.8 Å². The molecular formula is C21H21N2NaO10S. The fourth-order valence-corrected chi connectivity index (χ4v) is 3.91. The molecule has 1 saturated heterocycles. The maximum atomic E-state index is 13.1. The molecule has 1 aliphatic heterocycles.